The SMILES string of the molecule is C=O.CN=C(/C=C(\N)C(F)(F)F)[C@H]1CN(C)C(=O)[C@@H]1CNc1cccc(F)c1OC. The normalized spacial score (nSPS) is 20.0. The molecule has 2 atom stereocenters. The minimum Gasteiger partial charge on any atom is -0.492 e. The first-order valence-corrected chi connectivity index (χ1v) is 8.71. The number of benzene rings is 1. The van der Waals surface area contributed by atoms with E-state index in [0.29, 0.717) is 5.69 Å². The summed E-state index contributed by atoms with van der Waals surface area (Å²) < 4.78 is 57.2. The third kappa shape index (κ3) is 5.71. The van der Waals surface area contributed by atoms with Gasteiger partial charge in [-0.15, -0.1) is 0 Å². The van der Waals surface area contributed by atoms with Gasteiger partial charge >= 0.3 is 6.18 Å². The largest absolute Gasteiger partial charge is 0.492 e. The molecule has 0 bridgehead atoms. The number of alkyl halides is 3. The van der Waals surface area contributed by atoms with E-state index in [1.165, 1.54) is 31.2 Å². The highest BCUT2D eigenvalue weighted by Crippen LogP contribution is 2.31. The molecule has 1 aromatic carbocycles. The van der Waals surface area contributed by atoms with E-state index in [1.807, 2.05) is 6.79 Å². The number of halogens is 4. The summed E-state index contributed by atoms with van der Waals surface area (Å²) in [6.07, 6.45) is -3.93. The van der Waals surface area contributed by atoms with Crippen LogP contribution in [0.4, 0.5) is 23.2 Å². The van der Waals surface area contributed by atoms with Crippen molar-refractivity contribution in [3.8, 4) is 5.75 Å². The van der Waals surface area contributed by atoms with Gasteiger partial charge in [0.25, 0.3) is 0 Å². The maximum Gasteiger partial charge on any atom is 0.430 e. The zero-order chi connectivity index (χ0) is 23.1. The third-order valence-electron chi connectivity index (χ3n) is 4.60. The molecule has 11 heteroatoms. The molecule has 30 heavy (non-hydrogen) atoms. The van der Waals surface area contributed by atoms with E-state index in [1.54, 1.807) is 13.1 Å². The first-order valence-electron chi connectivity index (χ1n) is 8.71. The predicted octanol–water partition coefficient (Wildman–Crippen LogP) is 2.24. The number of hydrogen-bond acceptors (Lipinski definition) is 6. The fourth-order valence-electron chi connectivity index (χ4n) is 3.15. The lowest BCUT2D eigenvalue weighted by Crippen LogP contribution is -2.31. The van der Waals surface area contributed by atoms with Crippen molar-refractivity contribution in [3.05, 3.63) is 35.8 Å². The van der Waals surface area contributed by atoms with Crippen LogP contribution in [0.25, 0.3) is 0 Å². The van der Waals surface area contributed by atoms with Crippen molar-refractivity contribution in [1.29, 1.82) is 0 Å². The van der Waals surface area contributed by atoms with E-state index < -0.39 is 29.5 Å². The molecule has 7 nitrogen and oxygen atoms in total. The number of anilines is 1. The number of nitrogens with zero attached hydrogens (tertiary/aromatic N) is 2. The van der Waals surface area contributed by atoms with E-state index in [2.05, 4.69) is 10.3 Å². The van der Waals surface area contributed by atoms with Gasteiger partial charge in [-0.2, -0.15) is 13.2 Å². The van der Waals surface area contributed by atoms with E-state index in [4.69, 9.17) is 15.3 Å². The number of para-hydroxylation sites is 1. The van der Waals surface area contributed by atoms with Crippen LogP contribution in [0, 0.1) is 17.7 Å². The Hall–Kier alpha value is -3.11. The molecule has 166 valence electrons. The Labute approximate surface area is 171 Å². The molecule has 0 radical (unpaired) electrons. The zero-order valence-electron chi connectivity index (χ0n) is 16.8. The summed E-state index contributed by atoms with van der Waals surface area (Å²) in [5, 5.41) is 2.95. The van der Waals surface area contributed by atoms with Gasteiger partial charge < -0.3 is 25.5 Å². The summed E-state index contributed by atoms with van der Waals surface area (Å²) in [5.41, 5.74) is 4.24. The second-order valence-corrected chi connectivity index (χ2v) is 6.38. The molecule has 1 amide bonds. The van der Waals surface area contributed by atoms with Crippen LogP contribution in [0.3, 0.4) is 0 Å². The monoisotopic (exact) mass is 432 g/mol. The Morgan fingerprint density at radius 2 is 2.07 bits per heavy atom. The number of carbonyl (C=O) groups excluding carboxylic acids is 2. The van der Waals surface area contributed by atoms with E-state index in [0.717, 1.165) is 6.08 Å². The number of allylic oxidation sites excluding steroid dienone is 2. The number of hydrogen-bond donors (Lipinski definition) is 2. The number of nitrogens with one attached hydrogen (secondary N) is 1. The van der Waals surface area contributed by atoms with Crippen molar-refractivity contribution in [2.75, 3.05) is 39.6 Å². The zero-order valence-corrected chi connectivity index (χ0v) is 16.8. The molecule has 1 aliphatic rings. The predicted molar refractivity (Wildman–Crippen MR) is 105 cm³/mol. The van der Waals surface area contributed by atoms with E-state index in [9.17, 15) is 22.4 Å². The highest BCUT2D eigenvalue weighted by molar-refractivity contribution is 6.02. The van der Waals surface area contributed by atoms with Crippen LogP contribution in [0.1, 0.15) is 0 Å². The third-order valence-corrected chi connectivity index (χ3v) is 4.60. The molecule has 0 saturated carbocycles. The number of methoxy groups -OCH3 is 1. The topological polar surface area (TPSA) is 97.0 Å². The summed E-state index contributed by atoms with van der Waals surface area (Å²) in [5.74, 6) is -2.14. The van der Waals surface area contributed by atoms with Crippen molar-refractivity contribution < 1.29 is 31.9 Å². The van der Waals surface area contributed by atoms with Gasteiger partial charge in [-0.05, 0) is 18.2 Å². The molecule has 1 aliphatic heterocycles. The summed E-state index contributed by atoms with van der Waals surface area (Å²) in [6, 6.07) is 4.29. The molecule has 0 aromatic heterocycles. The summed E-state index contributed by atoms with van der Waals surface area (Å²) >= 11 is 0. The van der Waals surface area contributed by atoms with Crippen molar-refractivity contribution in [2.24, 2.45) is 22.6 Å². The minimum absolute atomic E-state index is 0.0107. The molecule has 2 rings (SSSR count). The number of amides is 1. The Bertz CT molecular complexity index is 811. The van der Waals surface area contributed by atoms with Crippen LogP contribution in [0.15, 0.2) is 35.0 Å². The molecule has 1 saturated heterocycles. The number of aliphatic imine (C=N–C) groups is 1. The smallest absolute Gasteiger partial charge is 0.430 e. The molecule has 1 heterocycles. The Kier molecular flexibility index (Phi) is 8.81. The number of rotatable bonds is 6. The van der Waals surface area contributed by atoms with Crippen LogP contribution in [0.5, 0.6) is 5.75 Å². The summed E-state index contributed by atoms with van der Waals surface area (Å²) in [4.78, 5) is 25.8. The molecule has 3 N–H and O–H groups in total. The van der Waals surface area contributed by atoms with Crippen molar-refractivity contribution in [1.82, 2.24) is 4.90 Å². The van der Waals surface area contributed by atoms with Crippen LogP contribution in [-0.4, -0.2) is 63.8 Å². The molecule has 0 unspecified atom stereocenters. The highest BCUT2D eigenvalue weighted by atomic mass is 19.4. The fraction of sp³-hybridized carbons (Fsp3) is 0.421. The molecule has 1 fully saturated rings. The summed E-state index contributed by atoms with van der Waals surface area (Å²) in [6.45, 7) is 2.26. The van der Waals surface area contributed by atoms with Crippen molar-refractivity contribution in [2.45, 2.75) is 6.18 Å². The number of nitrogens with two attached hydrogens (primary N) is 1. The van der Waals surface area contributed by atoms with Crippen LogP contribution in [0.2, 0.25) is 0 Å². The Morgan fingerprint density at radius 3 is 2.60 bits per heavy atom. The lowest BCUT2D eigenvalue weighted by molar-refractivity contribution is -0.129. The van der Waals surface area contributed by atoms with Gasteiger partial charge in [-0.3, -0.25) is 9.79 Å². The molecular formula is C19H24F4N4O3. The van der Waals surface area contributed by atoms with Gasteiger partial charge in [0, 0.05) is 38.8 Å². The second kappa shape index (κ2) is 10.6. The van der Waals surface area contributed by atoms with Crippen LogP contribution >= 0.6 is 0 Å². The van der Waals surface area contributed by atoms with Gasteiger partial charge in [0.2, 0.25) is 5.91 Å². The summed E-state index contributed by atoms with van der Waals surface area (Å²) in [7, 11) is 4.22. The molecule has 1 aromatic rings. The second-order valence-electron chi connectivity index (χ2n) is 6.38. The van der Waals surface area contributed by atoms with Gasteiger partial charge in [0.05, 0.1) is 18.7 Å². The Balaban J connectivity index is 0.00000218. The first-order chi connectivity index (χ1) is 14.1. The first kappa shape index (κ1) is 24.9. The van der Waals surface area contributed by atoms with Gasteiger partial charge in [0.15, 0.2) is 11.6 Å². The quantitative estimate of drug-likeness (QED) is 0.531. The fourth-order valence-corrected chi connectivity index (χ4v) is 3.15. The van der Waals surface area contributed by atoms with Gasteiger partial charge in [-0.25, -0.2) is 4.39 Å². The molecule has 0 aliphatic carbocycles. The van der Waals surface area contributed by atoms with Crippen LogP contribution in [-0.2, 0) is 9.59 Å². The average Bonchev–Trinajstić information content (AvgIpc) is 2.99. The van der Waals surface area contributed by atoms with Crippen LogP contribution < -0.4 is 15.8 Å². The van der Waals surface area contributed by atoms with Gasteiger partial charge in [0.1, 0.15) is 12.5 Å². The molecule has 0 spiro atoms. The minimum atomic E-state index is -4.69. The molecular weight excluding hydrogens is 408 g/mol. The van der Waals surface area contributed by atoms with E-state index in [-0.39, 0.29) is 30.5 Å². The maximum absolute atomic E-state index is 13.8. The lowest BCUT2D eigenvalue weighted by Gasteiger charge is -2.20. The maximum atomic E-state index is 13.8. The Morgan fingerprint density at radius 1 is 1.43 bits per heavy atom. The number of ether oxygens (including phenoxy) is 1. The van der Waals surface area contributed by atoms with Crippen molar-refractivity contribution in [3.63, 3.8) is 0 Å². The standard InChI is InChI=1S/C18H22F4N4O2.CH2O/c1-24-14(7-15(23)18(20,21)22)11-9-26(2)17(27)10(11)8-25-13-6-4-5-12(19)16(13)28-3;1-2/h4-7,10-11,25H,8-9,23H2,1-3H3;1H2/b15-7-,24-14?;/t10-,11+;/m1./s1. The van der Waals surface area contributed by atoms with E-state index >= 15 is 0 Å². The lowest BCUT2D eigenvalue weighted by atomic mass is 9.90. The number of carbonyl (C=O) groups is 2. The number of likely N-dealkylation sites (tertiary alicyclic amines) is 1. The van der Waals surface area contributed by atoms with Crippen molar-refractivity contribution >= 4 is 24.1 Å². The van der Waals surface area contributed by atoms with Gasteiger partial charge in [-0.1, -0.05) is 6.07 Å². The highest BCUT2D eigenvalue weighted by Gasteiger charge is 2.41. The average molecular weight is 432 g/mol.